The number of hydrogen-bond acceptors (Lipinski definition) is 6. The van der Waals surface area contributed by atoms with Crippen molar-refractivity contribution >= 4 is 17.6 Å². The summed E-state index contributed by atoms with van der Waals surface area (Å²) in [7, 11) is 0. The number of ether oxygens (including phenoxy) is 2. The predicted molar refractivity (Wildman–Crippen MR) is 107 cm³/mol. The Balaban J connectivity index is 2.26. The highest BCUT2D eigenvalue weighted by atomic mass is 19.4. The van der Waals surface area contributed by atoms with Crippen LogP contribution < -0.4 is 14.9 Å². The van der Waals surface area contributed by atoms with Crippen molar-refractivity contribution < 1.29 is 27.6 Å². The van der Waals surface area contributed by atoms with Crippen molar-refractivity contribution in [3.63, 3.8) is 0 Å². The van der Waals surface area contributed by atoms with Crippen molar-refractivity contribution in [3.05, 3.63) is 57.6 Å². The van der Waals surface area contributed by atoms with E-state index in [2.05, 4.69) is 10.5 Å². The van der Waals surface area contributed by atoms with Crippen LogP contribution in [0.5, 0.6) is 11.5 Å². The molecule has 0 aliphatic rings. The molecule has 2 rings (SSSR count). The van der Waals surface area contributed by atoms with Gasteiger partial charge in [-0.2, -0.15) is 18.3 Å². The minimum absolute atomic E-state index is 0.0980. The lowest BCUT2D eigenvalue weighted by atomic mass is 10.1. The summed E-state index contributed by atoms with van der Waals surface area (Å²) < 4.78 is 49.0. The average Bonchev–Trinajstić information content (AvgIpc) is 2.70. The zero-order valence-corrected chi connectivity index (χ0v) is 16.5. The number of halogens is 3. The molecule has 0 radical (unpaired) electrons. The number of rotatable bonds is 10. The Hall–Kier alpha value is -3.30. The first-order valence-corrected chi connectivity index (χ1v) is 9.30. The summed E-state index contributed by atoms with van der Waals surface area (Å²) in [4.78, 5) is 10.8. The van der Waals surface area contributed by atoms with Crippen LogP contribution in [-0.2, 0) is 6.18 Å². The third-order valence-corrected chi connectivity index (χ3v) is 3.82. The van der Waals surface area contributed by atoms with Gasteiger partial charge < -0.3 is 9.47 Å². The van der Waals surface area contributed by atoms with Gasteiger partial charge in [0.1, 0.15) is 5.75 Å². The molecule has 0 unspecified atom stereocenters. The molecule has 0 aliphatic carbocycles. The van der Waals surface area contributed by atoms with E-state index in [-0.39, 0.29) is 11.4 Å². The SMILES string of the molecule is CCCOc1cc(OCCC)c([N+](=O)[O-])cc1C=NNc1ccc(C(F)(F)F)cc1. The monoisotopic (exact) mass is 425 g/mol. The van der Waals surface area contributed by atoms with Gasteiger partial charge in [0.2, 0.25) is 5.75 Å². The highest BCUT2D eigenvalue weighted by molar-refractivity contribution is 5.86. The first-order valence-electron chi connectivity index (χ1n) is 9.30. The van der Waals surface area contributed by atoms with Gasteiger partial charge in [0.25, 0.3) is 0 Å². The lowest BCUT2D eigenvalue weighted by molar-refractivity contribution is -0.385. The zero-order chi connectivity index (χ0) is 22.1. The molecule has 0 saturated carbocycles. The number of alkyl halides is 3. The maximum Gasteiger partial charge on any atom is 0.416 e. The van der Waals surface area contributed by atoms with Crippen molar-refractivity contribution in [1.82, 2.24) is 0 Å². The van der Waals surface area contributed by atoms with Crippen LogP contribution in [0.3, 0.4) is 0 Å². The molecule has 162 valence electrons. The van der Waals surface area contributed by atoms with Gasteiger partial charge in [-0.15, -0.1) is 0 Å². The average molecular weight is 425 g/mol. The van der Waals surface area contributed by atoms with Crippen molar-refractivity contribution in [2.45, 2.75) is 32.9 Å². The van der Waals surface area contributed by atoms with Gasteiger partial charge in [0.15, 0.2) is 0 Å². The molecule has 0 aliphatic heterocycles. The third-order valence-electron chi connectivity index (χ3n) is 3.82. The smallest absolute Gasteiger partial charge is 0.416 e. The second-order valence-corrected chi connectivity index (χ2v) is 6.26. The van der Waals surface area contributed by atoms with E-state index in [1.807, 2.05) is 13.8 Å². The van der Waals surface area contributed by atoms with Gasteiger partial charge in [-0.25, -0.2) is 0 Å². The molecule has 10 heteroatoms. The van der Waals surface area contributed by atoms with Crippen LogP contribution in [0.4, 0.5) is 24.5 Å². The molecule has 0 saturated heterocycles. The maximum absolute atomic E-state index is 12.6. The molecule has 30 heavy (non-hydrogen) atoms. The number of nitro groups is 1. The molecule has 0 atom stereocenters. The van der Waals surface area contributed by atoms with E-state index in [9.17, 15) is 23.3 Å². The van der Waals surface area contributed by atoms with Crippen LogP contribution in [0.15, 0.2) is 41.5 Å². The van der Waals surface area contributed by atoms with Crippen molar-refractivity contribution in [3.8, 4) is 11.5 Å². The van der Waals surface area contributed by atoms with E-state index < -0.39 is 16.7 Å². The third kappa shape index (κ3) is 6.36. The molecular weight excluding hydrogens is 403 g/mol. The summed E-state index contributed by atoms with van der Waals surface area (Å²) in [6.07, 6.45) is -1.71. The number of benzene rings is 2. The second kappa shape index (κ2) is 10.5. The first kappa shape index (κ1) is 23.0. The Labute approximate surface area is 171 Å². The normalized spacial score (nSPS) is 11.5. The molecule has 1 N–H and O–H groups in total. The molecule has 0 heterocycles. The van der Waals surface area contributed by atoms with Gasteiger partial charge in [0, 0.05) is 17.7 Å². The zero-order valence-electron chi connectivity index (χ0n) is 16.5. The van der Waals surface area contributed by atoms with Crippen LogP contribution >= 0.6 is 0 Å². The Morgan fingerprint density at radius 1 is 1.07 bits per heavy atom. The Morgan fingerprint density at radius 3 is 2.20 bits per heavy atom. The lowest BCUT2D eigenvalue weighted by Crippen LogP contribution is -2.05. The highest BCUT2D eigenvalue weighted by Crippen LogP contribution is 2.34. The topological polar surface area (TPSA) is 86.0 Å². The standard InChI is InChI=1S/C20H22F3N3O4/c1-3-9-29-18-12-19(30-10-4-2)17(26(27)28)11-14(18)13-24-25-16-7-5-15(6-8-16)20(21,22)23/h5-8,11-13,25H,3-4,9-10H2,1-2H3. The summed E-state index contributed by atoms with van der Waals surface area (Å²) in [5, 5.41) is 15.4. The van der Waals surface area contributed by atoms with Crippen molar-refractivity contribution in [2.75, 3.05) is 18.6 Å². The summed E-state index contributed by atoms with van der Waals surface area (Å²) in [6, 6.07) is 7.06. The highest BCUT2D eigenvalue weighted by Gasteiger charge is 2.29. The summed E-state index contributed by atoms with van der Waals surface area (Å²) in [6.45, 7) is 4.50. The fourth-order valence-corrected chi connectivity index (χ4v) is 2.38. The Bertz CT molecular complexity index is 884. The number of anilines is 1. The van der Waals surface area contributed by atoms with Crippen LogP contribution in [0, 0.1) is 10.1 Å². The van der Waals surface area contributed by atoms with Crippen molar-refractivity contribution in [1.29, 1.82) is 0 Å². The maximum atomic E-state index is 12.6. The number of hydrazone groups is 1. The molecule has 0 amide bonds. The van der Waals surface area contributed by atoms with Crippen LogP contribution in [-0.4, -0.2) is 24.4 Å². The quantitative estimate of drug-likeness (QED) is 0.303. The second-order valence-electron chi connectivity index (χ2n) is 6.26. The molecule has 0 aromatic heterocycles. The Kier molecular flexibility index (Phi) is 8.02. The molecule has 0 bridgehead atoms. The number of hydrogen-bond donors (Lipinski definition) is 1. The van der Waals surface area contributed by atoms with E-state index in [1.54, 1.807) is 0 Å². The summed E-state index contributed by atoms with van der Waals surface area (Å²) in [5.41, 5.74) is 2.25. The lowest BCUT2D eigenvalue weighted by Gasteiger charge is -2.12. The fraction of sp³-hybridized carbons (Fsp3) is 0.350. The van der Waals surface area contributed by atoms with E-state index in [0.29, 0.717) is 36.6 Å². The van der Waals surface area contributed by atoms with E-state index >= 15 is 0 Å². The summed E-state index contributed by atoms with van der Waals surface area (Å²) >= 11 is 0. The first-order chi connectivity index (χ1) is 14.3. The van der Waals surface area contributed by atoms with Gasteiger partial charge >= 0.3 is 11.9 Å². The van der Waals surface area contributed by atoms with Gasteiger partial charge in [-0.05, 0) is 37.1 Å². The van der Waals surface area contributed by atoms with Gasteiger partial charge in [0.05, 0.1) is 35.6 Å². The number of nitro benzene ring substituents is 1. The van der Waals surface area contributed by atoms with Crippen LogP contribution in [0.25, 0.3) is 0 Å². The van der Waals surface area contributed by atoms with E-state index in [0.717, 1.165) is 18.6 Å². The number of nitrogens with zero attached hydrogens (tertiary/aromatic N) is 2. The van der Waals surface area contributed by atoms with Crippen LogP contribution in [0.1, 0.15) is 37.8 Å². The van der Waals surface area contributed by atoms with Crippen molar-refractivity contribution in [2.24, 2.45) is 5.10 Å². The largest absolute Gasteiger partial charge is 0.493 e. The Morgan fingerprint density at radius 2 is 1.67 bits per heavy atom. The molecule has 2 aromatic rings. The molecule has 0 spiro atoms. The molecule has 7 nitrogen and oxygen atoms in total. The van der Waals surface area contributed by atoms with Crippen LogP contribution in [0.2, 0.25) is 0 Å². The molecule has 2 aromatic carbocycles. The predicted octanol–water partition coefficient (Wildman–Crippen LogP) is 5.64. The van der Waals surface area contributed by atoms with E-state index in [4.69, 9.17) is 9.47 Å². The van der Waals surface area contributed by atoms with Gasteiger partial charge in [-0.3, -0.25) is 15.5 Å². The minimum Gasteiger partial charge on any atom is -0.493 e. The fourth-order valence-electron chi connectivity index (χ4n) is 2.38. The number of nitrogens with one attached hydrogen (secondary N) is 1. The summed E-state index contributed by atoms with van der Waals surface area (Å²) in [5.74, 6) is 0.451. The minimum atomic E-state index is -4.42. The van der Waals surface area contributed by atoms with Gasteiger partial charge in [-0.1, -0.05) is 13.8 Å². The molecular formula is C20H22F3N3O4. The molecule has 0 fully saturated rings. The van der Waals surface area contributed by atoms with E-state index in [1.165, 1.54) is 30.5 Å².